The average Bonchev–Trinajstić information content (AvgIpc) is 3.22. The fourth-order valence-corrected chi connectivity index (χ4v) is 5.83. The highest BCUT2D eigenvalue weighted by atomic mass is 35.5. The molecule has 11 heteroatoms. The molecular weight excluding hydrogens is 487 g/mol. The number of alkyl halides is 3. The van der Waals surface area contributed by atoms with Crippen LogP contribution in [0.2, 0.25) is 0 Å². The second kappa shape index (κ2) is 9.54. The lowest BCUT2D eigenvalue weighted by molar-refractivity contribution is -0.137. The summed E-state index contributed by atoms with van der Waals surface area (Å²) in [5, 5.41) is 9.35. The van der Waals surface area contributed by atoms with E-state index in [4.69, 9.17) is 4.42 Å². The molecular formula is C23H27ClF3N5OS. The third kappa shape index (κ3) is 4.72. The number of hydrogen-bond acceptors (Lipinski definition) is 6. The highest BCUT2D eigenvalue weighted by Crippen LogP contribution is 2.59. The second-order valence-corrected chi connectivity index (χ2v) is 10.1. The minimum absolute atomic E-state index is 0. The molecule has 6 nitrogen and oxygen atoms in total. The summed E-state index contributed by atoms with van der Waals surface area (Å²) in [6, 6.07) is 5.95. The van der Waals surface area contributed by atoms with E-state index in [1.807, 2.05) is 24.6 Å². The summed E-state index contributed by atoms with van der Waals surface area (Å²) in [5.41, 5.74) is 1.05. The molecule has 1 saturated heterocycles. The molecule has 0 N–H and O–H groups in total. The maximum Gasteiger partial charge on any atom is 0.416 e. The largest absolute Gasteiger partial charge is 0.440 e. The van der Waals surface area contributed by atoms with Gasteiger partial charge < -0.3 is 13.9 Å². The maximum atomic E-state index is 13.1. The van der Waals surface area contributed by atoms with E-state index in [1.165, 1.54) is 12.5 Å². The van der Waals surface area contributed by atoms with Crippen molar-refractivity contribution in [1.82, 2.24) is 24.6 Å². The van der Waals surface area contributed by atoms with E-state index in [9.17, 15) is 13.2 Å². The number of likely N-dealkylation sites (tertiary alicyclic amines) is 1. The van der Waals surface area contributed by atoms with Gasteiger partial charge in [-0.2, -0.15) is 13.2 Å². The number of rotatable bonds is 7. The van der Waals surface area contributed by atoms with E-state index in [1.54, 1.807) is 17.8 Å². The normalized spacial score (nSPS) is 22.3. The molecule has 1 aliphatic heterocycles. The van der Waals surface area contributed by atoms with Crippen LogP contribution in [0.25, 0.3) is 11.6 Å². The third-order valence-corrected chi connectivity index (χ3v) is 8.09. The van der Waals surface area contributed by atoms with Gasteiger partial charge in [0.1, 0.15) is 0 Å². The van der Waals surface area contributed by atoms with Gasteiger partial charge in [0.05, 0.1) is 11.3 Å². The van der Waals surface area contributed by atoms with E-state index >= 15 is 0 Å². The van der Waals surface area contributed by atoms with Crippen LogP contribution in [0.5, 0.6) is 0 Å². The van der Waals surface area contributed by atoms with E-state index in [0.717, 1.165) is 67.1 Å². The highest BCUT2D eigenvalue weighted by molar-refractivity contribution is 7.99. The molecule has 5 rings (SSSR count). The van der Waals surface area contributed by atoms with E-state index in [2.05, 4.69) is 20.1 Å². The molecule has 0 unspecified atom stereocenters. The zero-order valence-electron chi connectivity index (χ0n) is 19.0. The standard InChI is InChI=1S/C23H26F3N5OS.ClH/c1-15-19(32-14-27-15)20-28-29-21(30(20)2)33-10-4-8-31-9-7-22(12-18(22)13-31)16-5-3-6-17(11-16)23(24,25)26;/h3,5-6,11,14,18H,4,7-10,12-13H2,1-2H3;1H/t18-,22-;/m1./s1. The number of thioether (sulfide) groups is 1. The predicted octanol–water partition coefficient (Wildman–Crippen LogP) is 5.36. The number of oxazole rings is 1. The van der Waals surface area contributed by atoms with Crippen LogP contribution in [-0.4, -0.2) is 50.0 Å². The number of fused-ring (bicyclic) bond motifs is 1. The van der Waals surface area contributed by atoms with Crippen molar-refractivity contribution >= 4 is 24.2 Å². The minimum atomic E-state index is -4.29. The van der Waals surface area contributed by atoms with Crippen molar-refractivity contribution in [1.29, 1.82) is 0 Å². The molecule has 2 atom stereocenters. The summed E-state index contributed by atoms with van der Waals surface area (Å²) >= 11 is 1.66. The smallest absolute Gasteiger partial charge is 0.416 e. The Morgan fingerprint density at radius 1 is 1.26 bits per heavy atom. The molecule has 1 aliphatic carbocycles. The van der Waals surface area contributed by atoms with Crippen molar-refractivity contribution in [2.45, 2.75) is 42.9 Å². The zero-order chi connectivity index (χ0) is 23.2. The van der Waals surface area contributed by atoms with Crippen molar-refractivity contribution in [3.63, 3.8) is 0 Å². The maximum absolute atomic E-state index is 13.1. The van der Waals surface area contributed by atoms with Gasteiger partial charge in [-0.25, -0.2) is 4.98 Å². The third-order valence-electron chi connectivity index (χ3n) is 6.98. The Morgan fingerprint density at radius 3 is 2.79 bits per heavy atom. The van der Waals surface area contributed by atoms with Gasteiger partial charge in [-0.15, -0.1) is 22.6 Å². The zero-order valence-corrected chi connectivity index (χ0v) is 20.6. The summed E-state index contributed by atoms with van der Waals surface area (Å²) in [6.07, 6.45) is 0.0496. The van der Waals surface area contributed by atoms with Gasteiger partial charge in [-0.3, -0.25) is 0 Å². The van der Waals surface area contributed by atoms with Gasteiger partial charge >= 0.3 is 6.18 Å². The fraction of sp³-hybridized carbons (Fsp3) is 0.522. The molecule has 2 fully saturated rings. The molecule has 34 heavy (non-hydrogen) atoms. The van der Waals surface area contributed by atoms with E-state index in [-0.39, 0.29) is 17.8 Å². The summed E-state index contributed by atoms with van der Waals surface area (Å²) in [4.78, 5) is 6.56. The number of benzene rings is 1. The predicted molar refractivity (Wildman–Crippen MR) is 126 cm³/mol. The first kappa shape index (κ1) is 25.1. The van der Waals surface area contributed by atoms with Crippen LogP contribution in [0.3, 0.4) is 0 Å². The first-order valence-electron chi connectivity index (χ1n) is 11.1. The van der Waals surface area contributed by atoms with Crippen LogP contribution in [-0.2, 0) is 18.6 Å². The summed E-state index contributed by atoms with van der Waals surface area (Å²) in [7, 11) is 1.92. The molecule has 0 bridgehead atoms. The van der Waals surface area contributed by atoms with Crippen molar-refractivity contribution in [2.24, 2.45) is 13.0 Å². The summed E-state index contributed by atoms with van der Waals surface area (Å²) in [5.74, 6) is 2.68. The van der Waals surface area contributed by atoms with Crippen LogP contribution in [0.15, 0.2) is 40.2 Å². The van der Waals surface area contributed by atoms with Crippen LogP contribution >= 0.6 is 24.2 Å². The van der Waals surface area contributed by atoms with Crippen LogP contribution in [0.4, 0.5) is 13.2 Å². The average molecular weight is 514 g/mol. The highest BCUT2D eigenvalue weighted by Gasteiger charge is 2.57. The number of aryl methyl sites for hydroxylation is 1. The van der Waals surface area contributed by atoms with Crippen molar-refractivity contribution in [2.75, 3.05) is 25.4 Å². The fourth-order valence-electron chi connectivity index (χ4n) is 5.00. The molecule has 2 aliphatic rings. The monoisotopic (exact) mass is 513 g/mol. The van der Waals surface area contributed by atoms with Gasteiger partial charge in [0.15, 0.2) is 17.3 Å². The lowest BCUT2D eigenvalue weighted by Gasteiger charge is -2.32. The van der Waals surface area contributed by atoms with Gasteiger partial charge in [0.2, 0.25) is 5.82 Å². The van der Waals surface area contributed by atoms with Crippen molar-refractivity contribution < 1.29 is 17.6 Å². The quantitative estimate of drug-likeness (QED) is 0.313. The number of aromatic nitrogens is 4. The van der Waals surface area contributed by atoms with Gasteiger partial charge in [0.25, 0.3) is 0 Å². The van der Waals surface area contributed by atoms with Gasteiger partial charge in [-0.05, 0) is 56.8 Å². The van der Waals surface area contributed by atoms with Crippen LogP contribution < -0.4 is 0 Å². The van der Waals surface area contributed by atoms with E-state index in [0.29, 0.717) is 17.5 Å². The second-order valence-electron chi connectivity index (χ2n) is 9.02. The minimum Gasteiger partial charge on any atom is -0.440 e. The Morgan fingerprint density at radius 2 is 2.09 bits per heavy atom. The Bertz CT molecular complexity index is 1150. The van der Waals surface area contributed by atoms with Crippen molar-refractivity contribution in [3.05, 3.63) is 47.5 Å². The number of hydrogen-bond donors (Lipinski definition) is 0. The van der Waals surface area contributed by atoms with Crippen LogP contribution in [0.1, 0.15) is 36.1 Å². The Hall–Kier alpha value is -2.04. The summed E-state index contributed by atoms with van der Waals surface area (Å²) < 4.78 is 46.7. The number of nitrogens with zero attached hydrogens (tertiary/aromatic N) is 5. The van der Waals surface area contributed by atoms with Gasteiger partial charge in [-0.1, -0.05) is 30.0 Å². The molecule has 1 saturated carbocycles. The molecule has 1 aromatic carbocycles. The molecule has 3 aromatic rings. The topological polar surface area (TPSA) is 60.0 Å². The Kier molecular flexibility index (Phi) is 7.04. The Labute approximate surface area is 206 Å². The SMILES string of the molecule is Cc1ncoc1-c1nnc(SCCCN2CC[C@]3(c4cccc(C(F)(F)F)c4)C[C@@H]3C2)n1C.Cl. The molecule has 0 spiro atoms. The molecule has 3 heterocycles. The molecule has 184 valence electrons. The summed E-state index contributed by atoms with van der Waals surface area (Å²) in [6.45, 7) is 4.74. The lowest BCUT2D eigenvalue weighted by Crippen LogP contribution is -2.37. The first-order valence-corrected chi connectivity index (χ1v) is 12.1. The molecule has 0 amide bonds. The molecule has 0 radical (unpaired) electrons. The van der Waals surface area contributed by atoms with Crippen molar-refractivity contribution in [3.8, 4) is 11.6 Å². The first-order chi connectivity index (χ1) is 15.8. The number of halogens is 4. The number of piperidine rings is 1. The molecule has 2 aromatic heterocycles. The lowest BCUT2D eigenvalue weighted by atomic mass is 9.86. The van der Waals surface area contributed by atoms with Crippen LogP contribution in [0, 0.1) is 12.8 Å². The van der Waals surface area contributed by atoms with E-state index < -0.39 is 11.7 Å². The Balaban J connectivity index is 0.00000274. The van der Waals surface area contributed by atoms with Gasteiger partial charge in [0, 0.05) is 24.8 Å².